The highest BCUT2D eigenvalue weighted by Gasteiger charge is 2.50. The average molecular weight is 553 g/mol. The van der Waals surface area contributed by atoms with Gasteiger partial charge in [0.25, 0.3) is 0 Å². The Morgan fingerprint density at radius 2 is 1.41 bits per heavy atom. The third-order valence-corrected chi connectivity index (χ3v) is 7.37. The first-order chi connectivity index (χ1) is 18.0. The van der Waals surface area contributed by atoms with Crippen LogP contribution in [0.25, 0.3) is 0 Å². The fourth-order valence-electron chi connectivity index (χ4n) is 5.52. The number of esters is 4. The molecule has 0 amide bonds. The molecule has 0 saturated carbocycles. The van der Waals surface area contributed by atoms with Crippen molar-refractivity contribution in [3.8, 4) is 0 Å². The van der Waals surface area contributed by atoms with Crippen molar-refractivity contribution in [1.82, 2.24) is 0 Å². The molecule has 0 spiro atoms. The van der Waals surface area contributed by atoms with E-state index in [1.165, 1.54) is 33.8 Å². The highest BCUT2D eigenvalue weighted by atomic mass is 16.6. The summed E-state index contributed by atoms with van der Waals surface area (Å²) >= 11 is 0. The molecule has 0 heterocycles. The SMILES string of the molecule is CC(=O)O/C1=C(\C)[C@H](OC(C)=O)C[C@H](O)/C(CO)=C/[C@H](OC(C)=O)[C@@H]2C[C@H](O)C(C)=C([C@H]1OC(C)=O)C2(C)C. The normalized spacial score (nSPS) is 32.5. The van der Waals surface area contributed by atoms with Gasteiger partial charge < -0.3 is 34.3 Å². The van der Waals surface area contributed by atoms with Gasteiger partial charge in [0.2, 0.25) is 0 Å². The molecule has 39 heavy (non-hydrogen) atoms. The molecule has 2 aliphatic rings. The Hall–Kier alpha value is -3.02. The fourth-order valence-corrected chi connectivity index (χ4v) is 5.52. The Morgan fingerprint density at radius 3 is 1.90 bits per heavy atom. The zero-order valence-electron chi connectivity index (χ0n) is 23.8. The molecular weight excluding hydrogens is 512 g/mol. The summed E-state index contributed by atoms with van der Waals surface area (Å²) < 4.78 is 22.5. The van der Waals surface area contributed by atoms with Crippen LogP contribution in [0.3, 0.4) is 0 Å². The quantitative estimate of drug-likeness (QED) is 0.259. The molecule has 2 bridgehead atoms. The van der Waals surface area contributed by atoms with Crippen LogP contribution in [0.15, 0.2) is 34.1 Å². The zero-order valence-corrected chi connectivity index (χ0v) is 23.8. The van der Waals surface area contributed by atoms with Crippen molar-refractivity contribution in [2.24, 2.45) is 11.3 Å². The van der Waals surface area contributed by atoms with Crippen molar-refractivity contribution in [3.63, 3.8) is 0 Å². The van der Waals surface area contributed by atoms with Crippen LogP contribution in [-0.4, -0.2) is 76.3 Å². The van der Waals surface area contributed by atoms with Crippen molar-refractivity contribution in [3.05, 3.63) is 34.1 Å². The third kappa shape index (κ3) is 7.55. The van der Waals surface area contributed by atoms with Gasteiger partial charge in [-0.3, -0.25) is 19.2 Å². The summed E-state index contributed by atoms with van der Waals surface area (Å²) in [7, 11) is 0. The van der Waals surface area contributed by atoms with Crippen LogP contribution in [0, 0.1) is 11.3 Å². The predicted molar refractivity (Wildman–Crippen MR) is 138 cm³/mol. The number of hydrogen-bond donors (Lipinski definition) is 3. The minimum atomic E-state index is -1.37. The number of aliphatic hydroxyl groups is 3. The van der Waals surface area contributed by atoms with Gasteiger partial charge >= 0.3 is 23.9 Å². The van der Waals surface area contributed by atoms with E-state index in [0.717, 1.165) is 6.92 Å². The molecule has 0 aromatic heterocycles. The number of rotatable bonds is 5. The molecule has 3 N–H and O–H groups in total. The minimum absolute atomic E-state index is 0.107. The van der Waals surface area contributed by atoms with Crippen molar-refractivity contribution >= 4 is 23.9 Å². The summed E-state index contributed by atoms with van der Waals surface area (Å²) in [5.41, 5.74) is 0.209. The molecular formula is C28H40O11. The van der Waals surface area contributed by atoms with E-state index in [2.05, 4.69) is 0 Å². The zero-order chi connectivity index (χ0) is 29.8. The maximum atomic E-state index is 12.4. The van der Waals surface area contributed by atoms with Gasteiger partial charge in [0.05, 0.1) is 18.8 Å². The number of carbonyl (C=O) groups is 4. The maximum Gasteiger partial charge on any atom is 0.307 e. The predicted octanol–water partition coefficient (Wildman–Crippen LogP) is 2.03. The highest BCUT2D eigenvalue weighted by molar-refractivity contribution is 5.70. The molecule has 2 aliphatic carbocycles. The van der Waals surface area contributed by atoms with Crippen LogP contribution in [-0.2, 0) is 38.1 Å². The van der Waals surface area contributed by atoms with Crippen LogP contribution in [0.4, 0.5) is 0 Å². The molecule has 0 radical (unpaired) electrons. The lowest BCUT2D eigenvalue weighted by Crippen LogP contribution is -2.48. The number of ether oxygens (including phenoxy) is 4. The number of carbonyl (C=O) groups excluding carboxylic acids is 4. The number of aliphatic hydroxyl groups excluding tert-OH is 3. The summed E-state index contributed by atoms with van der Waals surface area (Å²) in [6.07, 6.45) is -4.60. The molecule has 0 fully saturated rings. The average Bonchev–Trinajstić information content (AvgIpc) is 2.79. The van der Waals surface area contributed by atoms with E-state index in [9.17, 15) is 34.5 Å². The lowest BCUT2D eigenvalue weighted by Gasteiger charge is -2.48. The summed E-state index contributed by atoms with van der Waals surface area (Å²) in [4.78, 5) is 48.9. The van der Waals surface area contributed by atoms with Crippen LogP contribution >= 0.6 is 0 Å². The van der Waals surface area contributed by atoms with E-state index < -0.39 is 72.3 Å². The van der Waals surface area contributed by atoms with Crippen LogP contribution in [0.5, 0.6) is 0 Å². The van der Waals surface area contributed by atoms with Gasteiger partial charge in [0, 0.05) is 45.6 Å². The van der Waals surface area contributed by atoms with Gasteiger partial charge in [0.15, 0.2) is 11.9 Å². The Balaban J connectivity index is 3.05. The molecule has 0 unspecified atom stereocenters. The Morgan fingerprint density at radius 1 is 0.846 bits per heavy atom. The second-order valence-corrected chi connectivity index (χ2v) is 10.6. The minimum Gasteiger partial charge on any atom is -0.458 e. The van der Waals surface area contributed by atoms with Crippen molar-refractivity contribution in [2.75, 3.05) is 6.61 Å². The van der Waals surface area contributed by atoms with Gasteiger partial charge in [-0.15, -0.1) is 0 Å². The second kappa shape index (κ2) is 12.9. The van der Waals surface area contributed by atoms with Gasteiger partial charge in [-0.05, 0) is 48.5 Å². The van der Waals surface area contributed by atoms with Crippen molar-refractivity contribution < 1.29 is 53.4 Å². The summed E-state index contributed by atoms with van der Waals surface area (Å²) in [6.45, 7) is 10.9. The van der Waals surface area contributed by atoms with Crippen LogP contribution < -0.4 is 0 Å². The monoisotopic (exact) mass is 552 g/mol. The first kappa shape index (κ1) is 32.2. The highest BCUT2D eigenvalue weighted by Crippen LogP contribution is 2.51. The van der Waals surface area contributed by atoms with Crippen LogP contribution in [0.2, 0.25) is 0 Å². The van der Waals surface area contributed by atoms with E-state index >= 15 is 0 Å². The maximum absolute atomic E-state index is 12.4. The lowest BCUT2D eigenvalue weighted by atomic mass is 9.60. The Labute approximate surface area is 228 Å². The number of fused-ring (bicyclic) bond motifs is 2. The fraction of sp³-hybridized carbons (Fsp3) is 0.643. The summed E-state index contributed by atoms with van der Waals surface area (Å²) in [5.74, 6) is -3.52. The van der Waals surface area contributed by atoms with Crippen molar-refractivity contribution in [2.45, 2.75) is 98.8 Å². The smallest absolute Gasteiger partial charge is 0.307 e. The van der Waals surface area contributed by atoms with Gasteiger partial charge in [-0.2, -0.15) is 0 Å². The topological polar surface area (TPSA) is 166 Å². The van der Waals surface area contributed by atoms with Crippen LogP contribution in [0.1, 0.15) is 68.2 Å². The molecule has 11 heteroatoms. The molecule has 0 aliphatic heterocycles. The lowest BCUT2D eigenvalue weighted by molar-refractivity contribution is -0.153. The molecule has 0 saturated heterocycles. The number of hydrogen-bond acceptors (Lipinski definition) is 11. The van der Waals surface area contributed by atoms with Crippen molar-refractivity contribution in [1.29, 1.82) is 0 Å². The van der Waals surface area contributed by atoms with Gasteiger partial charge in [0.1, 0.15) is 12.2 Å². The van der Waals surface area contributed by atoms with E-state index in [0.29, 0.717) is 11.1 Å². The molecule has 0 aromatic carbocycles. The van der Waals surface area contributed by atoms with E-state index in [-0.39, 0.29) is 29.7 Å². The van der Waals surface area contributed by atoms with E-state index in [1.54, 1.807) is 6.92 Å². The molecule has 2 rings (SSSR count). The summed E-state index contributed by atoms with van der Waals surface area (Å²) in [5, 5.41) is 32.4. The molecule has 218 valence electrons. The first-order valence-corrected chi connectivity index (χ1v) is 12.8. The van der Waals surface area contributed by atoms with Gasteiger partial charge in [-0.25, -0.2) is 0 Å². The third-order valence-electron chi connectivity index (χ3n) is 7.37. The second-order valence-electron chi connectivity index (χ2n) is 10.6. The summed E-state index contributed by atoms with van der Waals surface area (Å²) in [6, 6.07) is 0. The van der Waals surface area contributed by atoms with E-state index in [1.807, 2.05) is 13.8 Å². The standard InChI is InChI=1S/C28H40O11/c1-13-21(34)10-20-24(37-16(4)31)9-19(12-29)22(35)11-23(36-15(3)30)14(2)26(38-17(5)32)27(39-18(6)33)25(13)28(20,7)8/h9,20-24,27,29,34-35H,10-12H2,1-8H3/b19-9+,26-14+/t20-,21-,22-,23+,24-,27+/m0/s1. The Kier molecular flexibility index (Phi) is 10.6. The first-order valence-electron chi connectivity index (χ1n) is 12.8. The van der Waals surface area contributed by atoms with Gasteiger partial charge in [-0.1, -0.05) is 13.8 Å². The Bertz CT molecular complexity index is 1080. The molecule has 6 atom stereocenters. The molecule has 0 aromatic rings. The van der Waals surface area contributed by atoms with E-state index in [4.69, 9.17) is 18.9 Å². The largest absolute Gasteiger partial charge is 0.458 e. The molecule has 11 nitrogen and oxygen atoms in total.